The van der Waals surface area contributed by atoms with Gasteiger partial charge in [0.25, 0.3) is 0 Å². The van der Waals surface area contributed by atoms with Gasteiger partial charge < -0.3 is 4.90 Å². The highest BCUT2D eigenvalue weighted by Crippen LogP contribution is 2.42. The Labute approximate surface area is 142 Å². The molecule has 116 valence electrons. The Kier molecular flexibility index (Phi) is 2.75. The normalized spacial score (nSPS) is 12.4. The van der Waals surface area contributed by atoms with Gasteiger partial charge in [0.1, 0.15) is 0 Å². The quantitative estimate of drug-likeness (QED) is 0.363. The molecule has 0 saturated heterocycles. The highest BCUT2D eigenvalue weighted by Gasteiger charge is 2.21. The van der Waals surface area contributed by atoms with E-state index in [1.807, 2.05) is 0 Å². The fourth-order valence-electron chi connectivity index (χ4n) is 3.96. The summed E-state index contributed by atoms with van der Waals surface area (Å²) >= 11 is 0. The molecule has 0 spiro atoms. The van der Waals surface area contributed by atoms with Crippen LogP contribution in [0.4, 0.5) is 5.69 Å². The van der Waals surface area contributed by atoms with Gasteiger partial charge in [0.05, 0.1) is 0 Å². The molecule has 0 N–H and O–H groups in total. The smallest absolute Gasteiger partial charge is 0.0367 e. The fraction of sp³-hybridized carbons (Fsp3) is 0.130. The van der Waals surface area contributed by atoms with Gasteiger partial charge in [0.15, 0.2) is 0 Å². The summed E-state index contributed by atoms with van der Waals surface area (Å²) < 4.78 is 0. The second kappa shape index (κ2) is 4.85. The van der Waals surface area contributed by atoms with Crippen LogP contribution in [-0.4, -0.2) is 14.1 Å². The molecule has 0 radical (unpaired) electrons. The number of hydrogen-bond donors (Lipinski definition) is 0. The molecule has 1 nitrogen and oxygen atoms in total. The third kappa shape index (κ3) is 1.88. The third-order valence-electron chi connectivity index (χ3n) is 5.26. The average molecular weight is 309 g/mol. The molecular weight excluding hydrogens is 290 g/mol. The summed E-state index contributed by atoms with van der Waals surface area (Å²) in [4.78, 5) is 2.17. The SMILES string of the molecule is CN(C)c1ccc2c(c1)-c1ccc3cc4ccccc4cc3c1C2. The number of hydrogen-bond acceptors (Lipinski definition) is 1. The summed E-state index contributed by atoms with van der Waals surface area (Å²) in [5, 5.41) is 5.38. The van der Waals surface area contributed by atoms with Crippen LogP contribution in [0.25, 0.3) is 32.7 Å². The maximum atomic E-state index is 2.36. The first-order valence-corrected chi connectivity index (χ1v) is 8.46. The summed E-state index contributed by atoms with van der Waals surface area (Å²) in [5.74, 6) is 0. The maximum absolute atomic E-state index is 2.36. The van der Waals surface area contributed by atoms with Crippen LogP contribution in [0.5, 0.6) is 0 Å². The van der Waals surface area contributed by atoms with E-state index < -0.39 is 0 Å². The summed E-state index contributed by atoms with van der Waals surface area (Å²) in [7, 11) is 4.20. The molecule has 0 unspecified atom stereocenters. The van der Waals surface area contributed by atoms with E-state index in [2.05, 4.69) is 85.7 Å². The minimum Gasteiger partial charge on any atom is -0.378 e. The van der Waals surface area contributed by atoms with Gasteiger partial charge in [-0.15, -0.1) is 0 Å². The van der Waals surface area contributed by atoms with E-state index in [0.717, 1.165) is 6.42 Å². The van der Waals surface area contributed by atoms with Crippen LogP contribution in [0.3, 0.4) is 0 Å². The van der Waals surface area contributed by atoms with Crippen molar-refractivity contribution in [3.63, 3.8) is 0 Å². The van der Waals surface area contributed by atoms with Gasteiger partial charge >= 0.3 is 0 Å². The summed E-state index contributed by atoms with van der Waals surface area (Å²) in [6.07, 6.45) is 1.04. The van der Waals surface area contributed by atoms with Crippen LogP contribution in [0.15, 0.2) is 66.7 Å². The Morgan fingerprint density at radius 1 is 0.708 bits per heavy atom. The molecule has 0 aliphatic heterocycles. The highest BCUT2D eigenvalue weighted by atomic mass is 15.1. The molecular formula is C23H19N. The topological polar surface area (TPSA) is 3.24 Å². The predicted octanol–water partition coefficient (Wildman–Crippen LogP) is 5.63. The van der Waals surface area contributed by atoms with E-state index in [0.29, 0.717) is 0 Å². The summed E-state index contributed by atoms with van der Waals surface area (Å²) in [5.41, 5.74) is 6.98. The summed E-state index contributed by atoms with van der Waals surface area (Å²) in [6, 6.07) is 24.7. The molecule has 0 heterocycles. The van der Waals surface area contributed by atoms with Crippen molar-refractivity contribution in [3.8, 4) is 11.1 Å². The first-order chi connectivity index (χ1) is 11.7. The molecule has 0 fully saturated rings. The van der Waals surface area contributed by atoms with Crippen LogP contribution in [0, 0.1) is 0 Å². The molecule has 4 aromatic carbocycles. The Morgan fingerprint density at radius 3 is 2.29 bits per heavy atom. The van der Waals surface area contributed by atoms with E-state index in [1.54, 1.807) is 0 Å². The van der Waals surface area contributed by atoms with Gasteiger partial charge in [-0.05, 0) is 74.5 Å². The molecule has 0 aromatic heterocycles. The van der Waals surface area contributed by atoms with E-state index in [1.165, 1.54) is 49.5 Å². The van der Waals surface area contributed by atoms with E-state index in [-0.39, 0.29) is 0 Å². The van der Waals surface area contributed by atoms with Gasteiger partial charge in [-0.25, -0.2) is 0 Å². The van der Waals surface area contributed by atoms with Crippen molar-refractivity contribution in [2.24, 2.45) is 0 Å². The van der Waals surface area contributed by atoms with Gasteiger partial charge in [-0.2, -0.15) is 0 Å². The van der Waals surface area contributed by atoms with Crippen molar-refractivity contribution >= 4 is 27.2 Å². The first kappa shape index (κ1) is 13.6. The number of nitrogens with zero attached hydrogens (tertiary/aromatic N) is 1. The van der Waals surface area contributed by atoms with Gasteiger partial charge in [0.2, 0.25) is 0 Å². The zero-order valence-electron chi connectivity index (χ0n) is 14.0. The predicted molar refractivity (Wildman–Crippen MR) is 104 cm³/mol. The third-order valence-corrected chi connectivity index (χ3v) is 5.26. The zero-order chi connectivity index (χ0) is 16.3. The highest BCUT2D eigenvalue weighted by molar-refractivity contribution is 6.03. The summed E-state index contributed by atoms with van der Waals surface area (Å²) in [6.45, 7) is 0. The molecule has 0 saturated carbocycles. The Morgan fingerprint density at radius 2 is 1.50 bits per heavy atom. The lowest BCUT2D eigenvalue weighted by molar-refractivity contribution is 1.13. The molecule has 1 aliphatic carbocycles. The molecule has 24 heavy (non-hydrogen) atoms. The molecule has 0 amide bonds. The van der Waals surface area contributed by atoms with E-state index in [4.69, 9.17) is 0 Å². The zero-order valence-corrected chi connectivity index (χ0v) is 14.0. The lowest BCUT2D eigenvalue weighted by Crippen LogP contribution is -2.08. The van der Waals surface area contributed by atoms with Crippen molar-refractivity contribution in [1.29, 1.82) is 0 Å². The standard InChI is InChI=1S/C23H19N/c1-24(2)19-9-7-18-13-23-20(22(18)14-19)10-8-17-11-15-5-3-4-6-16(15)12-21(17)23/h3-12,14H,13H2,1-2H3. The maximum Gasteiger partial charge on any atom is 0.0367 e. The van der Waals surface area contributed by atoms with Crippen molar-refractivity contribution in [2.75, 3.05) is 19.0 Å². The molecule has 0 atom stereocenters. The van der Waals surface area contributed by atoms with Gasteiger partial charge in [-0.1, -0.05) is 42.5 Å². The Bertz CT molecular complexity index is 1110. The second-order valence-electron chi connectivity index (χ2n) is 6.92. The van der Waals surface area contributed by atoms with Crippen molar-refractivity contribution in [1.82, 2.24) is 0 Å². The first-order valence-electron chi connectivity index (χ1n) is 8.46. The number of anilines is 1. The van der Waals surface area contributed by atoms with Crippen LogP contribution < -0.4 is 4.90 Å². The van der Waals surface area contributed by atoms with Crippen molar-refractivity contribution in [2.45, 2.75) is 6.42 Å². The molecule has 0 bridgehead atoms. The monoisotopic (exact) mass is 309 g/mol. The minimum absolute atomic E-state index is 1.04. The van der Waals surface area contributed by atoms with E-state index >= 15 is 0 Å². The van der Waals surface area contributed by atoms with Crippen LogP contribution in [0.1, 0.15) is 11.1 Å². The van der Waals surface area contributed by atoms with Gasteiger partial charge in [-0.3, -0.25) is 0 Å². The number of benzene rings is 4. The minimum atomic E-state index is 1.04. The molecule has 1 aliphatic rings. The number of rotatable bonds is 1. The lowest BCUT2D eigenvalue weighted by atomic mass is 9.96. The Hall–Kier alpha value is -2.80. The molecule has 5 rings (SSSR count). The second-order valence-corrected chi connectivity index (χ2v) is 6.92. The van der Waals surface area contributed by atoms with Crippen LogP contribution in [-0.2, 0) is 6.42 Å². The molecule has 4 aromatic rings. The molecule has 1 heteroatoms. The van der Waals surface area contributed by atoms with Crippen molar-refractivity contribution in [3.05, 3.63) is 77.9 Å². The van der Waals surface area contributed by atoms with Crippen LogP contribution >= 0.6 is 0 Å². The Balaban J connectivity index is 1.79. The van der Waals surface area contributed by atoms with Gasteiger partial charge in [0, 0.05) is 19.8 Å². The van der Waals surface area contributed by atoms with E-state index in [9.17, 15) is 0 Å². The van der Waals surface area contributed by atoms with Crippen molar-refractivity contribution < 1.29 is 0 Å². The van der Waals surface area contributed by atoms with Crippen LogP contribution in [0.2, 0.25) is 0 Å². The average Bonchev–Trinajstić information content (AvgIpc) is 2.98. The fourth-order valence-corrected chi connectivity index (χ4v) is 3.96. The largest absolute Gasteiger partial charge is 0.378 e. The number of fused-ring (bicyclic) bond motifs is 6. The lowest BCUT2D eigenvalue weighted by Gasteiger charge is -2.14.